The molecule has 0 bridgehead atoms. The highest BCUT2D eigenvalue weighted by atomic mass is 32.1. The molecule has 8 heteroatoms. The first kappa shape index (κ1) is 19.0. The second-order valence-corrected chi connectivity index (χ2v) is 7.24. The van der Waals surface area contributed by atoms with Gasteiger partial charge in [-0.1, -0.05) is 13.8 Å². The zero-order valence-corrected chi connectivity index (χ0v) is 15.8. The number of fused-ring (bicyclic) bond motifs is 1. The normalized spacial score (nSPS) is 12.4. The summed E-state index contributed by atoms with van der Waals surface area (Å²) in [6, 6.07) is 6.40. The van der Waals surface area contributed by atoms with Crippen molar-refractivity contribution in [2.75, 3.05) is 5.32 Å². The van der Waals surface area contributed by atoms with Crippen LogP contribution in [-0.4, -0.2) is 16.6 Å². The molecule has 3 rings (SSSR count). The van der Waals surface area contributed by atoms with E-state index in [4.69, 9.17) is 0 Å². The third kappa shape index (κ3) is 4.14. The number of nitrogens with zero attached hydrogens (tertiary/aromatic N) is 3. The summed E-state index contributed by atoms with van der Waals surface area (Å²) in [6.07, 6.45) is 1.46. The number of ether oxygens (including phenoxy) is 1. The first-order valence-electron chi connectivity index (χ1n) is 8.38. The highest BCUT2D eigenvalue weighted by molar-refractivity contribution is 7.09. The van der Waals surface area contributed by atoms with Crippen LogP contribution < -0.4 is 10.1 Å². The number of halogens is 2. The average Bonchev–Trinajstić information content (AvgIpc) is 3.12. The van der Waals surface area contributed by atoms with Gasteiger partial charge in [0, 0.05) is 22.9 Å². The molecular formula is C19H18F2N4OS. The molecule has 140 valence electrons. The Kier molecular flexibility index (Phi) is 5.51. The largest absolute Gasteiger partial charge is 0.435 e. The van der Waals surface area contributed by atoms with E-state index in [1.54, 1.807) is 17.4 Å². The van der Waals surface area contributed by atoms with E-state index in [2.05, 4.69) is 39.9 Å². The van der Waals surface area contributed by atoms with Crippen molar-refractivity contribution in [2.45, 2.75) is 39.3 Å². The maximum atomic E-state index is 12.6. The molecule has 1 unspecified atom stereocenters. The number of pyridine rings is 1. The lowest BCUT2D eigenvalue weighted by Gasteiger charge is -2.17. The molecule has 0 saturated carbocycles. The van der Waals surface area contributed by atoms with Crippen molar-refractivity contribution < 1.29 is 13.5 Å². The molecule has 2 aromatic heterocycles. The van der Waals surface area contributed by atoms with E-state index in [9.17, 15) is 14.0 Å². The SMILES string of the molecule is CC(C)c1nc(C(C)Nc2c(C#N)cnc3ccc(OC(F)F)cc23)cs1. The summed E-state index contributed by atoms with van der Waals surface area (Å²) in [5.74, 6) is 0.349. The summed E-state index contributed by atoms with van der Waals surface area (Å²) < 4.78 is 29.6. The minimum absolute atomic E-state index is 0.0147. The van der Waals surface area contributed by atoms with E-state index in [-0.39, 0.29) is 11.8 Å². The van der Waals surface area contributed by atoms with Crippen molar-refractivity contribution in [1.82, 2.24) is 9.97 Å². The lowest BCUT2D eigenvalue weighted by atomic mass is 10.1. The van der Waals surface area contributed by atoms with Gasteiger partial charge >= 0.3 is 6.61 Å². The van der Waals surface area contributed by atoms with Crippen molar-refractivity contribution in [3.63, 3.8) is 0 Å². The topological polar surface area (TPSA) is 70.8 Å². The molecule has 0 aliphatic carbocycles. The number of anilines is 1. The Morgan fingerprint density at radius 1 is 1.26 bits per heavy atom. The molecule has 1 aromatic carbocycles. The summed E-state index contributed by atoms with van der Waals surface area (Å²) in [5.41, 5.74) is 2.28. The van der Waals surface area contributed by atoms with Gasteiger partial charge in [-0.3, -0.25) is 4.98 Å². The number of nitriles is 1. The Hall–Kier alpha value is -2.79. The molecule has 1 atom stereocenters. The molecule has 0 aliphatic rings. The number of nitrogens with one attached hydrogen (secondary N) is 1. The first-order chi connectivity index (χ1) is 12.9. The summed E-state index contributed by atoms with van der Waals surface area (Å²) in [6.45, 7) is 3.17. The van der Waals surface area contributed by atoms with Crippen molar-refractivity contribution in [3.05, 3.63) is 46.0 Å². The van der Waals surface area contributed by atoms with E-state index in [1.165, 1.54) is 18.3 Å². The quantitative estimate of drug-likeness (QED) is 0.607. The van der Waals surface area contributed by atoms with Crippen molar-refractivity contribution in [1.29, 1.82) is 5.26 Å². The van der Waals surface area contributed by atoms with E-state index in [1.807, 2.05) is 12.3 Å². The second kappa shape index (κ2) is 7.84. The molecule has 0 fully saturated rings. The van der Waals surface area contributed by atoms with Crippen LogP contribution in [0, 0.1) is 11.3 Å². The number of aromatic nitrogens is 2. The van der Waals surface area contributed by atoms with Crippen LogP contribution >= 0.6 is 11.3 Å². The summed E-state index contributed by atoms with van der Waals surface area (Å²) in [7, 11) is 0. The lowest BCUT2D eigenvalue weighted by molar-refractivity contribution is -0.0497. The van der Waals surface area contributed by atoms with Crippen molar-refractivity contribution >= 4 is 27.9 Å². The van der Waals surface area contributed by atoms with Crippen LogP contribution in [0.4, 0.5) is 14.5 Å². The Labute approximate surface area is 159 Å². The number of hydrogen-bond acceptors (Lipinski definition) is 6. The molecule has 0 amide bonds. The predicted octanol–water partition coefficient (Wildman–Crippen LogP) is 5.46. The fourth-order valence-electron chi connectivity index (χ4n) is 2.64. The van der Waals surface area contributed by atoms with Gasteiger partial charge in [0.05, 0.1) is 33.5 Å². The zero-order valence-electron chi connectivity index (χ0n) is 15.0. The minimum atomic E-state index is -2.92. The molecule has 27 heavy (non-hydrogen) atoms. The van der Waals surface area contributed by atoms with E-state index >= 15 is 0 Å². The summed E-state index contributed by atoms with van der Waals surface area (Å²) in [5, 5.41) is 16.3. The number of rotatable bonds is 6. The highest BCUT2D eigenvalue weighted by Crippen LogP contribution is 2.33. The van der Waals surface area contributed by atoms with E-state index < -0.39 is 6.61 Å². The molecule has 0 aliphatic heterocycles. The molecular weight excluding hydrogens is 370 g/mol. The fraction of sp³-hybridized carbons (Fsp3) is 0.316. The van der Waals surface area contributed by atoms with Crippen LogP contribution in [0.2, 0.25) is 0 Å². The zero-order chi connectivity index (χ0) is 19.6. The van der Waals surface area contributed by atoms with E-state index in [0.717, 1.165) is 10.7 Å². The van der Waals surface area contributed by atoms with Gasteiger partial charge in [-0.25, -0.2) is 4.98 Å². The van der Waals surface area contributed by atoms with Crippen LogP contribution in [0.15, 0.2) is 29.8 Å². The molecule has 2 heterocycles. The fourth-order valence-corrected chi connectivity index (χ4v) is 3.57. The van der Waals surface area contributed by atoms with Gasteiger partial charge in [-0.05, 0) is 25.1 Å². The van der Waals surface area contributed by atoms with Gasteiger partial charge in [-0.2, -0.15) is 14.0 Å². The average molecular weight is 388 g/mol. The Bertz CT molecular complexity index is 997. The molecule has 5 nitrogen and oxygen atoms in total. The Balaban J connectivity index is 2.01. The Morgan fingerprint density at radius 2 is 2.04 bits per heavy atom. The number of alkyl halides is 2. The summed E-state index contributed by atoms with van der Waals surface area (Å²) >= 11 is 1.59. The van der Waals surface area contributed by atoms with Crippen LogP contribution in [0.25, 0.3) is 10.9 Å². The van der Waals surface area contributed by atoms with Crippen molar-refractivity contribution in [3.8, 4) is 11.8 Å². The third-order valence-corrected chi connectivity index (χ3v) is 5.19. The Morgan fingerprint density at radius 3 is 2.67 bits per heavy atom. The van der Waals surface area contributed by atoms with Gasteiger partial charge in [0.25, 0.3) is 0 Å². The molecule has 0 radical (unpaired) electrons. The van der Waals surface area contributed by atoms with Gasteiger partial charge in [0.1, 0.15) is 11.8 Å². The molecule has 0 spiro atoms. The van der Waals surface area contributed by atoms with E-state index in [0.29, 0.717) is 28.1 Å². The van der Waals surface area contributed by atoms with Crippen LogP contribution in [0.5, 0.6) is 5.75 Å². The van der Waals surface area contributed by atoms with Crippen LogP contribution in [0.3, 0.4) is 0 Å². The van der Waals surface area contributed by atoms with Gasteiger partial charge < -0.3 is 10.1 Å². The smallest absolute Gasteiger partial charge is 0.387 e. The maximum Gasteiger partial charge on any atom is 0.387 e. The maximum absolute atomic E-state index is 12.6. The predicted molar refractivity (Wildman–Crippen MR) is 101 cm³/mol. The molecule has 1 N–H and O–H groups in total. The van der Waals surface area contributed by atoms with Crippen LogP contribution in [0.1, 0.15) is 49.0 Å². The van der Waals surface area contributed by atoms with Gasteiger partial charge in [0.2, 0.25) is 0 Å². The highest BCUT2D eigenvalue weighted by Gasteiger charge is 2.17. The van der Waals surface area contributed by atoms with Gasteiger partial charge in [-0.15, -0.1) is 11.3 Å². The number of hydrogen-bond donors (Lipinski definition) is 1. The standard InChI is InChI=1S/C19H18F2N4OS/c1-10(2)18-25-16(9-27-18)11(3)24-17-12(7-22)8-23-15-5-4-13(6-14(15)17)26-19(20)21/h4-6,8-11,19H,1-3H3,(H,23,24). The number of benzene rings is 1. The third-order valence-electron chi connectivity index (χ3n) is 4.02. The molecule has 0 saturated heterocycles. The first-order valence-corrected chi connectivity index (χ1v) is 9.26. The number of thiazole rings is 1. The monoisotopic (exact) mass is 388 g/mol. The van der Waals surface area contributed by atoms with Crippen LogP contribution in [-0.2, 0) is 0 Å². The second-order valence-electron chi connectivity index (χ2n) is 6.35. The summed E-state index contributed by atoms with van der Waals surface area (Å²) in [4.78, 5) is 8.85. The lowest BCUT2D eigenvalue weighted by Crippen LogP contribution is -2.10. The van der Waals surface area contributed by atoms with Gasteiger partial charge in [0.15, 0.2) is 0 Å². The van der Waals surface area contributed by atoms with Crippen molar-refractivity contribution in [2.24, 2.45) is 0 Å². The minimum Gasteiger partial charge on any atom is -0.435 e. The molecule has 3 aromatic rings.